The maximum absolute atomic E-state index is 9.12. The molecule has 60 valence electrons. The third-order valence-corrected chi connectivity index (χ3v) is 6.64. The maximum atomic E-state index is 9.12. The van der Waals surface area contributed by atoms with Crippen LogP contribution in [0.5, 0.6) is 0 Å². The molecule has 0 radical (unpaired) electrons. The molecule has 6 aliphatic rings. The van der Waals surface area contributed by atoms with Crippen molar-refractivity contribution in [2.75, 3.05) is 0 Å². The van der Waals surface area contributed by atoms with Crippen LogP contribution in [0.2, 0.25) is 0 Å². The van der Waals surface area contributed by atoms with Crippen LogP contribution in [0.3, 0.4) is 0 Å². The summed E-state index contributed by atoms with van der Waals surface area (Å²) < 4.78 is 0. The van der Waals surface area contributed by atoms with Crippen molar-refractivity contribution < 1.29 is 0 Å². The van der Waals surface area contributed by atoms with Crippen molar-refractivity contribution in [2.45, 2.75) is 13.3 Å². The molecule has 0 saturated heterocycles. The number of nitriles is 1. The van der Waals surface area contributed by atoms with Crippen LogP contribution in [0.4, 0.5) is 0 Å². The molecule has 6 rings (SSSR count). The van der Waals surface area contributed by atoms with Crippen LogP contribution in [-0.4, -0.2) is 0 Å². The van der Waals surface area contributed by atoms with E-state index in [2.05, 4.69) is 13.0 Å². The van der Waals surface area contributed by atoms with Crippen LogP contribution in [-0.2, 0) is 0 Å². The van der Waals surface area contributed by atoms with Gasteiger partial charge in [0.1, 0.15) is 0 Å². The van der Waals surface area contributed by atoms with Gasteiger partial charge in [-0.1, -0.05) is 6.92 Å². The molecular weight excluding hydrogens is 146 g/mol. The van der Waals surface area contributed by atoms with Gasteiger partial charge >= 0.3 is 0 Å². The van der Waals surface area contributed by atoms with Gasteiger partial charge in [0.25, 0.3) is 0 Å². The molecule has 0 amide bonds. The lowest BCUT2D eigenvalue weighted by Crippen LogP contribution is -3.09. The maximum Gasteiger partial charge on any atom is 0.0699 e. The molecular formula is C11H11N. The molecule has 0 aromatic rings. The van der Waals surface area contributed by atoms with Crippen molar-refractivity contribution in [3.8, 4) is 6.07 Å². The van der Waals surface area contributed by atoms with Crippen LogP contribution in [0.1, 0.15) is 13.3 Å². The highest BCUT2D eigenvalue weighted by molar-refractivity contribution is 5.58. The van der Waals surface area contributed by atoms with Gasteiger partial charge in [0.05, 0.1) is 11.5 Å². The van der Waals surface area contributed by atoms with Crippen LogP contribution < -0.4 is 0 Å². The van der Waals surface area contributed by atoms with Crippen LogP contribution in [0.25, 0.3) is 0 Å². The smallest absolute Gasteiger partial charge is 0.0699 e. The number of rotatable bonds is 1. The third kappa shape index (κ3) is 0.159. The zero-order valence-corrected chi connectivity index (χ0v) is 7.12. The molecule has 0 atom stereocenters. The minimum atomic E-state index is 0.289. The molecule has 0 heterocycles. The fourth-order valence-corrected chi connectivity index (χ4v) is 6.68. The molecule has 0 aromatic carbocycles. The van der Waals surface area contributed by atoms with E-state index < -0.39 is 0 Å². The van der Waals surface area contributed by atoms with E-state index in [0.717, 1.165) is 40.9 Å². The van der Waals surface area contributed by atoms with E-state index in [0.29, 0.717) is 0 Å². The first kappa shape index (κ1) is 5.27. The molecule has 6 saturated carbocycles. The Morgan fingerprint density at radius 2 is 1.58 bits per heavy atom. The van der Waals surface area contributed by atoms with Crippen LogP contribution in [0, 0.1) is 57.7 Å². The second-order valence-corrected chi connectivity index (χ2v) is 5.67. The summed E-state index contributed by atoms with van der Waals surface area (Å²) in [5.41, 5.74) is 1.12. The van der Waals surface area contributed by atoms with E-state index in [9.17, 15) is 0 Å². The monoisotopic (exact) mass is 157 g/mol. The molecule has 1 nitrogen and oxygen atoms in total. The fourth-order valence-electron chi connectivity index (χ4n) is 6.68. The molecule has 6 aliphatic carbocycles. The molecule has 1 heteroatoms. The van der Waals surface area contributed by atoms with Gasteiger partial charge in [0, 0.05) is 0 Å². The van der Waals surface area contributed by atoms with E-state index in [-0.39, 0.29) is 5.41 Å². The summed E-state index contributed by atoms with van der Waals surface area (Å²) in [6.45, 7) is 2.36. The summed E-state index contributed by atoms with van der Waals surface area (Å²) >= 11 is 0. The van der Waals surface area contributed by atoms with E-state index in [4.69, 9.17) is 5.26 Å². The van der Waals surface area contributed by atoms with Gasteiger partial charge in [-0.05, 0) is 47.3 Å². The zero-order chi connectivity index (χ0) is 7.88. The summed E-state index contributed by atoms with van der Waals surface area (Å²) in [6.07, 6.45) is 1.41. The molecule has 0 spiro atoms. The second-order valence-electron chi connectivity index (χ2n) is 5.67. The van der Waals surface area contributed by atoms with Gasteiger partial charge in [-0.3, -0.25) is 0 Å². The number of hydrogen-bond acceptors (Lipinski definition) is 1. The van der Waals surface area contributed by atoms with Gasteiger partial charge in [0.2, 0.25) is 0 Å². The lowest BCUT2D eigenvalue weighted by Gasteiger charge is -3.10. The average molecular weight is 157 g/mol. The second kappa shape index (κ2) is 0.953. The van der Waals surface area contributed by atoms with Crippen LogP contribution >= 0.6 is 0 Å². The molecule has 12 heavy (non-hydrogen) atoms. The summed E-state index contributed by atoms with van der Waals surface area (Å²) in [5.74, 6) is 5.85. The Morgan fingerprint density at radius 3 is 1.92 bits per heavy atom. The minimum absolute atomic E-state index is 0.289. The highest BCUT2D eigenvalue weighted by Crippen LogP contribution is 3.10. The molecule has 0 unspecified atom stereocenters. The average Bonchev–Trinajstić information content (AvgIpc) is 2.17. The summed E-state index contributed by atoms with van der Waals surface area (Å²) in [7, 11) is 0. The highest BCUT2D eigenvalue weighted by atomic mass is 15.1. The number of nitrogens with zero attached hydrogens (tertiary/aromatic N) is 1. The largest absolute Gasteiger partial charge is 0.198 e. The van der Waals surface area contributed by atoms with E-state index in [1.165, 1.54) is 6.42 Å². The Balaban J connectivity index is 1.72. The van der Waals surface area contributed by atoms with Gasteiger partial charge in [-0.25, -0.2) is 0 Å². The summed E-state index contributed by atoms with van der Waals surface area (Å²) in [6, 6.07) is 2.63. The minimum Gasteiger partial charge on any atom is -0.198 e. The number of hydrogen-bond donors (Lipinski definition) is 0. The van der Waals surface area contributed by atoms with E-state index >= 15 is 0 Å². The molecule has 6 fully saturated rings. The zero-order valence-electron chi connectivity index (χ0n) is 7.12. The first-order valence-corrected chi connectivity index (χ1v) is 5.27. The summed E-state index contributed by atoms with van der Waals surface area (Å²) in [4.78, 5) is 0. The van der Waals surface area contributed by atoms with Gasteiger partial charge in [-0.2, -0.15) is 5.26 Å². The topological polar surface area (TPSA) is 23.8 Å². The van der Waals surface area contributed by atoms with Gasteiger partial charge in [-0.15, -0.1) is 0 Å². The third-order valence-electron chi connectivity index (χ3n) is 6.64. The van der Waals surface area contributed by atoms with E-state index in [1.54, 1.807) is 0 Å². The van der Waals surface area contributed by atoms with Crippen molar-refractivity contribution in [3.05, 3.63) is 0 Å². The van der Waals surface area contributed by atoms with Gasteiger partial charge in [0.15, 0.2) is 0 Å². The first-order valence-electron chi connectivity index (χ1n) is 5.27. The van der Waals surface area contributed by atoms with Crippen molar-refractivity contribution in [2.24, 2.45) is 46.3 Å². The predicted octanol–water partition coefficient (Wildman–Crippen LogP) is 1.66. The van der Waals surface area contributed by atoms with E-state index in [1.807, 2.05) is 0 Å². The molecule has 0 N–H and O–H groups in total. The van der Waals surface area contributed by atoms with Crippen molar-refractivity contribution in [1.29, 1.82) is 5.26 Å². The Morgan fingerprint density at radius 1 is 1.08 bits per heavy atom. The Labute approximate surface area is 71.8 Å². The molecule has 0 bridgehead atoms. The first-order chi connectivity index (χ1) is 5.85. The SMILES string of the molecule is CCC12C3C4C1C1C2C3C41C#N. The fraction of sp³-hybridized carbons (Fsp3) is 0.909. The Kier molecular flexibility index (Phi) is 0.418. The quantitative estimate of drug-likeness (QED) is 0.568. The van der Waals surface area contributed by atoms with Crippen molar-refractivity contribution in [1.82, 2.24) is 0 Å². The normalized spacial score (nSPS) is 87.7. The van der Waals surface area contributed by atoms with Crippen molar-refractivity contribution >= 4 is 0 Å². The van der Waals surface area contributed by atoms with Crippen molar-refractivity contribution in [3.63, 3.8) is 0 Å². The Bertz CT molecular complexity index is 321. The standard InChI is InChI=1S/C11H11N/c1-2-10-4-7-5(10)9-6(10)8(4)11(7,9)3-12/h4-9H,2H2,1H3. The lowest BCUT2D eigenvalue weighted by atomic mass is 8.92. The predicted molar refractivity (Wildman–Crippen MR) is 41.7 cm³/mol. The molecule has 0 aliphatic heterocycles. The molecule has 0 aromatic heterocycles. The van der Waals surface area contributed by atoms with Crippen LogP contribution in [0.15, 0.2) is 0 Å². The lowest BCUT2D eigenvalue weighted by molar-refractivity contribution is -0.642. The van der Waals surface area contributed by atoms with Gasteiger partial charge < -0.3 is 0 Å². The Hall–Kier alpha value is -0.510. The summed E-state index contributed by atoms with van der Waals surface area (Å²) in [5, 5.41) is 9.12. The highest BCUT2D eigenvalue weighted by Gasteiger charge is 3.09.